The lowest BCUT2D eigenvalue weighted by molar-refractivity contribution is -0.870. The van der Waals surface area contributed by atoms with Crippen LogP contribution < -0.4 is 5.32 Å². The molecule has 0 aliphatic carbocycles. The highest BCUT2D eigenvalue weighted by Gasteiger charge is 2.30. The minimum atomic E-state index is -4.45. The van der Waals surface area contributed by atoms with E-state index >= 15 is 0 Å². The maximum Gasteiger partial charge on any atom is 0.472 e. The van der Waals surface area contributed by atoms with E-state index in [0.717, 1.165) is 89.9 Å². The number of esters is 1. The number of ether oxygens (including phenoxy) is 1. The molecule has 0 saturated heterocycles. The van der Waals surface area contributed by atoms with E-state index in [1.54, 1.807) is 0 Å². The van der Waals surface area contributed by atoms with Gasteiger partial charge in [0.1, 0.15) is 19.3 Å². The molecule has 0 aromatic carbocycles. The number of hydrogen-bond acceptors (Lipinski definition) is 6. The first-order valence-corrected chi connectivity index (χ1v) is 30.1. The van der Waals surface area contributed by atoms with Gasteiger partial charge in [-0.3, -0.25) is 18.6 Å². The largest absolute Gasteiger partial charge is 0.472 e. The second-order valence-corrected chi connectivity index (χ2v) is 21.9. The summed E-state index contributed by atoms with van der Waals surface area (Å²) in [5.74, 6) is -0.548. The maximum atomic E-state index is 13.5. The molecule has 0 radical (unpaired) electrons. The summed E-state index contributed by atoms with van der Waals surface area (Å²) in [5, 5.41) is 3.03. The zero-order valence-corrected chi connectivity index (χ0v) is 46.7. The van der Waals surface area contributed by atoms with Crippen molar-refractivity contribution in [2.45, 2.75) is 264 Å². The lowest BCUT2D eigenvalue weighted by atomic mass is 10.1. The first kappa shape index (κ1) is 66.7. The van der Waals surface area contributed by atoms with E-state index in [2.05, 4.69) is 74.7 Å². The van der Waals surface area contributed by atoms with Crippen LogP contribution in [0.25, 0.3) is 0 Å². The predicted molar refractivity (Wildman–Crippen MR) is 295 cm³/mol. The summed E-state index contributed by atoms with van der Waals surface area (Å²) in [6.07, 6.45) is 60.7. The average Bonchev–Trinajstić information content (AvgIpc) is 3.31. The van der Waals surface area contributed by atoms with Crippen LogP contribution in [0.2, 0.25) is 0 Å². The fourth-order valence-corrected chi connectivity index (χ4v) is 8.68. The van der Waals surface area contributed by atoms with Gasteiger partial charge in [-0.1, -0.05) is 204 Å². The van der Waals surface area contributed by atoms with Crippen LogP contribution in [0.1, 0.15) is 252 Å². The number of carbonyl (C=O) groups is 2. The van der Waals surface area contributed by atoms with Crippen molar-refractivity contribution in [1.29, 1.82) is 0 Å². The van der Waals surface area contributed by atoms with E-state index in [-0.39, 0.29) is 31.5 Å². The number of amides is 1. The van der Waals surface area contributed by atoms with Gasteiger partial charge in [0.25, 0.3) is 0 Å². The molecule has 0 bridgehead atoms. The molecule has 3 unspecified atom stereocenters. The van der Waals surface area contributed by atoms with Crippen molar-refractivity contribution < 1.29 is 37.3 Å². The molecule has 0 aromatic rings. The number of phosphoric acid groups is 1. The van der Waals surface area contributed by atoms with E-state index in [4.69, 9.17) is 13.8 Å². The van der Waals surface area contributed by atoms with E-state index in [1.807, 2.05) is 33.3 Å². The van der Waals surface area contributed by atoms with E-state index in [1.165, 1.54) is 122 Å². The summed E-state index contributed by atoms with van der Waals surface area (Å²) in [6.45, 7) is 6.95. The molecule has 10 heteroatoms. The molecule has 0 fully saturated rings. The fraction of sp³-hybridized carbons (Fsp3) is 0.797. The van der Waals surface area contributed by atoms with Crippen LogP contribution >= 0.6 is 7.82 Å². The monoisotopic (exact) mass is 990 g/mol. The highest BCUT2D eigenvalue weighted by Crippen LogP contribution is 2.43. The van der Waals surface area contributed by atoms with Crippen LogP contribution in [0.5, 0.6) is 0 Å². The number of nitrogens with zero attached hydrogens (tertiary/aromatic N) is 1. The van der Waals surface area contributed by atoms with Gasteiger partial charge in [0.05, 0.1) is 33.8 Å². The Hall–Kier alpha value is -2.29. The number of quaternary nitrogens is 1. The number of phosphoric ester groups is 1. The SMILES string of the molecule is CCCCC/C=C\C/C=C\C/C=C\CCCCCCC(=O)OC(/C=C/CCCCCCCCCCCC)C(COP(=O)(O)OCC[N+](C)(C)C)NC(=O)CCCCC/C=C\CCCCCCCCC. The third-order valence-electron chi connectivity index (χ3n) is 12.4. The van der Waals surface area contributed by atoms with Gasteiger partial charge in [0.15, 0.2) is 0 Å². The van der Waals surface area contributed by atoms with Gasteiger partial charge >= 0.3 is 13.8 Å². The number of hydrogen-bond donors (Lipinski definition) is 2. The second-order valence-electron chi connectivity index (χ2n) is 20.5. The van der Waals surface area contributed by atoms with E-state index < -0.39 is 20.0 Å². The molecule has 0 aliphatic rings. The summed E-state index contributed by atoms with van der Waals surface area (Å²) < 4.78 is 30.6. The van der Waals surface area contributed by atoms with Crippen LogP contribution in [0.3, 0.4) is 0 Å². The van der Waals surface area contributed by atoms with Crippen molar-refractivity contribution in [2.24, 2.45) is 0 Å². The minimum absolute atomic E-state index is 0.0325. The Morgan fingerprint density at radius 3 is 1.38 bits per heavy atom. The zero-order valence-electron chi connectivity index (χ0n) is 45.8. The van der Waals surface area contributed by atoms with Gasteiger partial charge in [0, 0.05) is 12.8 Å². The smallest absolute Gasteiger partial charge is 0.456 e. The maximum absolute atomic E-state index is 13.5. The summed E-state index contributed by atoms with van der Waals surface area (Å²) in [4.78, 5) is 37.5. The van der Waals surface area contributed by atoms with Gasteiger partial charge in [0.2, 0.25) is 5.91 Å². The van der Waals surface area contributed by atoms with E-state index in [0.29, 0.717) is 23.9 Å². The summed E-state index contributed by atoms with van der Waals surface area (Å²) in [5.41, 5.74) is 0. The molecule has 0 heterocycles. The molecule has 69 heavy (non-hydrogen) atoms. The molecular formula is C59H110N2O7P+. The first-order valence-electron chi connectivity index (χ1n) is 28.6. The first-order chi connectivity index (χ1) is 33.4. The second kappa shape index (κ2) is 49.3. The molecule has 0 rings (SSSR count). The van der Waals surface area contributed by atoms with Crippen molar-refractivity contribution in [3.63, 3.8) is 0 Å². The molecule has 9 nitrogen and oxygen atoms in total. The molecular weight excluding hydrogens is 880 g/mol. The molecule has 2 N–H and O–H groups in total. The topological polar surface area (TPSA) is 111 Å². The Bertz CT molecular complexity index is 1370. The van der Waals surface area contributed by atoms with Crippen LogP contribution in [0, 0.1) is 0 Å². The third-order valence-corrected chi connectivity index (χ3v) is 13.4. The van der Waals surface area contributed by atoms with Crippen molar-refractivity contribution >= 4 is 19.7 Å². The molecule has 3 atom stereocenters. The molecule has 0 aromatic heterocycles. The molecule has 0 spiro atoms. The van der Waals surface area contributed by atoms with Crippen LogP contribution in [0.15, 0.2) is 60.8 Å². The van der Waals surface area contributed by atoms with Gasteiger partial charge in [-0.05, 0) is 96.0 Å². The van der Waals surface area contributed by atoms with Crippen molar-refractivity contribution in [2.75, 3.05) is 40.9 Å². The van der Waals surface area contributed by atoms with Crippen molar-refractivity contribution in [3.05, 3.63) is 60.8 Å². The number of carbonyl (C=O) groups excluding carboxylic acids is 2. The summed E-state index contributed by atoms with van der Waals surface area (Å²) in [6, 6.07) is -0.865. The lowest BCUT2D eigenvalue weighted by Gasteiger charge is -2.27. The number of unbranched alkanes of at least 4 members (excludes halogenated alkanes) is 27. The number of allylic oxidation sites excluding steroid dienone is 9. The van der Waals surface area contributed by atoms with E-state index in [9.17, 15) is 19.0 Å². The van der Waals surface area contributed by atoms with Crippen molar-refractivity contribution in [3.8, 4) is 0 Å². The van der Waals surface area contributed by atoms with Crippen LogP contribution in [-0.4, -0.2) is 74.3 Å². The molecule has 0 aliphatic heterocycles. The Labute approximate surface area is 426 Å². The quantitative estimate of drug-likeness (QED) is 0.0205. The fourth-order valence-electron chi connectivity index (χ4n) is 7.94. The van der Waals surface area contributed by atoms with Crippen molar-refractivity contribution in [1.82, 2.24) is 5.32 Å². The van der Waals surface area contributed by atoms with Gasteiger partial charge < -0.3 is 19.4 Å². The highest BCUT2D eigenvalue weighted by atomic mass is 31.2. The number of nitrogens with one attached hydrogen (secondary N) is 1. The summed E-state index contributed by atoms with van der Waals surface area (Å²) in [7, 11) is 1.47. The van der Waals surface area contributed by atoms with Gasteiger partial charge in [-0.15, -0.1) is 0 Å². The Kier molecular flexibility index (Phi) is 47.7. The highest BCUT2D eigenvalue weighted by molar-refractivity contribution is 7.47. The normalized spacial score (nSPS) is 14.2. The standard InChI is InChI=1S/C59H109N2O7P/c1-7-10-13-16-19-22-25-28-30-31-32-34-37-40-43-46-49-52-59(63)68-57(50-47-44-41-38-35-27-24-21-18-15-12-9-3)56(55-67-69(64,65)66-54-53-61(4,5)6)60-58(62)51-48-45-42-39-36-33-29-26-23-20-17-14-11-8-2/h19,22,28,30,32-34,36,47,50,56-57H,7-18,20-21,23-27,29,31,35,37-46,48-49,51-55H2,1-6H3,(H-,60,62,64,65)/p+1/b22-19-,30-28-,34-32-,36-33-,50-47+. The van der Waals surface area contributed by atoms with Crippen LogP contribution in [-0.2, 0) is 27.9 Å². The molecule has 1 amide bonds. The Morgan fingerprint density at radius 2 is 0.884 bits per heavy atom. The molecule has 402 valence electrons. The summed E-state index contributed by atoms with van der Waals surface area (Å²) >= 11 is 0. The average molecular weight is 991 g/mol. The minimum Gasteiger partial charge on any atom is -0.456 e. The predicted octanol–water partition coefficient (Wildman–Crippen LogP) is 17.1. The van der Waals surface area contributed by atoms with Gasteiger partial charge in [-0.2, -0.15) is 0 Å². The zero-order chi connectivity index (χ0) is 50.8. The Balaban J connectivity index is 5.42. The number of likely N-dealkylation sites (N-methyl/N-ethyl adjacent to an activating group) is 1. The third kappa shape index (κ3) is 50.4. The molecule has 0 saturated carbocycles. The van der Waals surface area contributed by atoms with Crippen LogP contribution in [0.4, 0.5) is 0 Å². The Morgan fingerprint density at radius 1 is 0.507 bits per heavy atom. The number of rotatable bonds is 51. The van der Waals surface area contributed by atoms with Gasteiger partial charge in [-0.25, -0.2) is 4.57 Å². The lowest BCUT2D eigenvalue weighted by Crippen LogP contribution is -2.47.